The van der Waals surface area contributed by atoms with Crippen LogP contribution in [0.25, 0.3) is 0 Å². The van der Waals surface area contributed by atoms with Crippen molar-refractivity contribution in [3.63, 3.8) is 0 Å². The number of aromatic nitrogens is 3. The lowest BCUT2D eigenvalue weighted by Gasteiger charge is -2.16. The summed E-state index contributed by atoms with van der Waals surface area (Å²) in [6.45, 7) is 0.681. The van der Waals surface area contributed by atoms with Crippen LogP contribution >= 0.6 is 23.5 Å². The number of nitrogens with one attached hydrogen (secondary N) is 1. The van der Waals surface area contributed by atoms with Gasteiger partial charge in [0.05, 0.1) is 5.75 Å². The maximum atomic E-state index is 12.0. The Morgan fingerprint density at radius 2 is 2.00 bits per heavy atom. The quantitative estimate of drug-likeness (QED) is 0.519. The number of rotatable bonds is 9. The number of hydrogen-bond donors (Lipinski definition) is 1. The third-order valence-corrected chi connectivity index (χ3v) is 6.28. The molecule has 0 aliphatic heterocycles. The lowest BCUT2D eigenvalue weighted by molar-refractivity contribution is -0.118. The SMILES string of the molecule is CSc1nnc(CCCNC(=O)CSc2ccccc2)n1C1CCCC1. The number of aryl methyl sites for hydroxylation is 1. The van der Waals surface area contributed by atoms with Gasteiger partial charge in [-0.25, -0.2) is 0 Å². The molecule has 1 aromatic carbocycles. The molecule has 1 fully saturated rings. The van der Waals surface area contributed by atoms with Crippen LogP contribution in [-0.2, 0) is 11.2 Å². The van der Waals surface area contributed by atoms with Gasteiger partial charge in [-0.3, -0.25) is 4.79 Å². The highest BCUT2D eigenvalue weighted by molar-refractivity contribution is 8.00. The van der Waals surface area contributed by atoms with Crippen molar-refractivity contribution < 1.29 is 4.79 Å². The average molecular weight is 391 g/mol. The fourth-order valence-corrected chi connectivity index (χ4v) is 4.66. The van der Waals surface area contributed by atoms with Gasteiger partial charge in [0, 0.05) is 23.9 Å². The molecule has 140 valence electrons. The molecule has 0 bridgehead atoms. The number of benzene rings is 1. The first-order valence-corrected chi connectivity index (χ1v) is 11.4. The maximum Gasteiger partial charge on any atom is 0.230 e. The number of nitrogens with zero attached hydrogens (tertiary/aromatic N) is 3. The molecule has 1 N–H and O–H groups in total. The summed E-state index contributed by atoms with van der Waals surface area (Å²) in [6.07, 6.45) is 8.86. The minimum absolute atomic E-state index is 0.0842. The van der Waals surface area contributed by atoms with Gasteiger partial charge in [-0.05, 0) is 37.7 Å². The minimum Gasteiger partial charge on any atom is -0.355 e. The van der Waals surface area contributed by atoms with Crippen molar-refractivity contribution in [2.24, 2.45) is 0 Å². The Hall–Kier alpha value is -1.47. The molecule has 2 aromatic rings. The van der Waals surface area contributed by atoms with Crippen LogP contribution in [0.3, 0.4) is 0 Å². The average Bonchev–Trinajstić information content (AvgIpc) is 3.33. The van der Waals surface area contributed by atoms with E-state index >= 15 is 0 Å². The summed E-state index contributed by atoms with van der Waals surface area (Å²) in [5, 5.41) is 12.8. The Labute approximate surface area is 163 Å². The summed E-state index contributed by atoms with van der Waals surface area (Å²) in [7, 11) is 0. The molecule has 0 radical (unpaired) electrons. The van der Waals surface area contributed by atoms with Crippen LogP contribution in [0.5, 0.6) is 0 Å². The highest BCUT2D eigenvalue weighted by atomic mass is 32.2. The third-order valence-electron chi connectivity index (χ3n) is 4.62. The molecule has 0 unspecified atom stereocenters. The van der Waals surface area contributed by atoms with Crippen LogP contribution < -0.4 is 5.32 Å². The Bertz CT molecular complexity index is 699. The van der Waals surface area contributed by atoms with Gasteiger partial charge in [0.15, 0.2) is 5.16 Å². The number of hydrogen-bond acceptors (Lipinski definition) is 5. The zero-order chi connectivity index (χ0) is 18.2. The standard InChI is InChI=1S/C19H26N4OS2/c1-25-19-22-21-17(23(19)15-8-5-6-9-15)12-7-13-20-18(24)14-26-16-10-3-2-4-11-16/h2-4,10-11,15H,5-9,12-14H2,1H3,(H,20,24). The minimum atomic E-state index is 0.0842. The second kappa shape index (κ2) is 10.0. The molecule has 7 heteroatoms. The first kappa shape index (κ1) is 19.3. The Morgan fingerprint density at radius 1 is 1.23 bits per heavy atom. The monoisotopic (exact) mass is 390 g/mol. The van der Waals surface area contributed by atoms with E-state index in [1.54, 1.807) is 23.5 Å². The van der Waals surface area contributed by atoms with Crippen molar-refractivity contribution in [3.8, 4) is 0 Å². The van der Waals surface area contributed by atoms with E-state index in [1.165, 1.54) is 25.7 Å². The lowest BCUT2D eigenvalue weighted by atomic mass is 10.2. The molecule has 3 rings (SSSR count). The predicted octanol–water partition coefficient (Wildman–Crippen LogP) is 3.96. The first-order valence-electron chi connectivity index (χ1n) is 9.20. The fraction of sp³-hybridized carbons (Fsp3) is 0.526. The van der Waals surface area contributed by atoms with Crippen LogP contribution in [-0.4, -0.2) is 39.2 Å². The molecule has 1 aliphatic carbocycles. The summed E-state index contributed by atoms with van der Waals surface area (Å²) in [6, 6.07) is 10.6. The van der Waals surface area contributed by atoms with Crippen molar-refractivity contribution in [3.05, 3.63) is 36.2 Å². The molecular weight excluding hydrogens is 364 g/mol. The highest BCUT2D eigenvalue weighted by Crippen LogP contribution is 2.33. The normalized spacial score (nSPS) is 14.7. The molecular formula is C19H26N4OS2. The zero-order valence-corrected chi connectivity index (χ0v) is 16.8. The van der Waals surface area contributed by atoms with Gasteiger partial charge in [0.2, 0.25) is 5.91 Å². The molecule has 1 aliphatic rings. The smallest absolute Gasteiger partial charge is 0.230 e. The van der Waals surface area contributed by atoms with Gasteiger partial charge < -0.3 is 9.88 Å². The van der Waals surface area contributed by atoms with Gasteiger partial charge >= 0.3 is 0 Å². The Balaban J connectivity index is 1.42. The number of carbonyl (C=O) groups is 1. The Morgan fingerprint density at radius 3 is 2.73 bits per heavy atom. The summed E-state index contributed by atoms with van der Waals surface area (Å²) < 4.78 is 2.34. The Kier molecular flexibility index (Phi) is 7.43. The van der Waals surface area contributed by atoms with E-state index in [-0.39, 0.29) is 5.91 Å². The van der Waals surface area contributed by atoms with E-state index in [4.69, 9.17) is 0 Å². The molecule has 0 spiro atoms. The summed E-state index contributed by atoms with van der Waals surface area (Å²) in [5.41, 5.74) is 0. The number of amides is 1. The van der Waals surface area contributed by atoms with Crippen molar-refractivity contribution >= 4 is 29.4 Å². The van der Waals surface area contributed by atoms with E-state index in [0.29, 0.717) is 18.3 Å². The molecule has 1 amide bonds. The molecule has 5 nitrogen and oxygen atoms in total. The van der Waals surface area contributed by atoms with Gasteiger partial charge in [-0.2, -0.15) is 0 Å². The van der Waals surface area contributed by atoms with Crippen molar-refractivity contribution in [2.75, 3.05) is 18.6 Å². The summed E-state index contributed by atoms with van der Waals surface area (Å²) in [5.74, 6) is 1.61. The molecule has 26 heavy (non-hydrogen) atoms. The van der Waals surface area contributed by atoms with Crippen molar-refractivity contribution in [1.29, 1.82) is 0 Å². The summed E-state index contributed by atoms with van der Waals surface area (Å²) in [4.78, 5) is 13.1. The van der Waals surface area contributed by atoms with Gasteiger partial charge in [0.25, 0.3) is 0 Å². The van der Waals surface area contributed by atoms with E-state index < -0.39 is 0 Å². The first-order chi connectivity index (χ1) is 12.8. The highest BCUT2D eigenvalue weighted by Gasteiger charge is 2.23. The largest absolute Gasteiger partial charge is 0.355 e. The number of carbonyl (C=O) groups excluding carboxylic acids is 1. The van der Waals surface area contributed by atoms with E-state index in [1.807, 2.05) is 30.3 Å². The van der Waals surface area contributed by atoms with E-state index in [0.717, 1.165) is 28.7 Å². The second-order valence-electron chi connectivity index (χ2n) is 6.47. The van der Waals surface area contributed by atoms with Gasteiger partial charge in [-0.1, -0.05) is 42.8 Å². The van der Waals surface area contributed by atoms with Crippen LogP contribution in [0, 0.1) is 0 Å². The maximum absolute atomic E-state index is 12.0. The van der Waals surface area contributed by atoms with Gasteiger partial charge in [0.1, 0.15) is 5.82 Å². The zero-order valence-electron chi connectivity index (χ0n) is 15.2. The topological polar surface area (TPSA) is 59.8 Å². The van der Waals surface area contributed by atoms with Crippen LogP contribution in [0.1, 0.15) is 44.0 Å². The second-order valence-corrected chi connectivity index (χ2v) is 8.29. The predicted molar refractivity (Wildman–Crippen MR) is 108 cm³/mol. The fourth-order valence-electron chi connectivity index (χ4n) is 3.34. The molecule has 0 saturated heterocycles. The molecule has 1 heterocycles. The van der Waals surface area contributed by atoms with Crippen LogP contribution in [0.2, 0.25) is 0 Å². The van der Waals surface area contributed by atoms with Crippen molar-refractivity contribution in [1.82, 2.24) is 20.1 Å². The molecule has 1 aromatic heterocycles. The molecule has 1 saturated carbocycles. The number of thioether (sulfide) groups is 2. The van der Waals surface area contributed by atoms with Crippen LogP contribution in [0.15, 0.2) is 40.4 Å². The summed E-state index contributed by atoms with van der Waals surface area (Å²) >= 11 is 3.24. The van der Waals surface area contributed by atoms with Crippen molar-refractivity contribution in [2.45, 2.75) is 54.6 Å². The third kappa shape index (κ3) is 5.27. The lowest BCUT2D eigenvalue weighted by Crippen LogP contribution is -2.26. The van der Waals surface area contributed by atoms with E-state index in [2.05, 4.69) is 26.3 Å². The van der Waals surface area contributed by atoms with Crippen LogP contribution in [0.4, 0.5) is 0 Å². The van der Waals surface area contributed by atoms with Gasteiger partial charge in [-0.15, -0.1) is 22.0 Å². The van der Waals surface area contributed by atoms with E-state index in [9.17, 15) is 4.79 Å². The molecule has 0 atom stereocenters.